The standard InChI is InChI=1S/C33H36N4O4/c38-24-32(26-10-4-1-5-11-26)36-20-28-14-16-30(22-34-28)40-18-8-3-9-19-41-31-17-15-29(35-23-31)21-37-33(25-39)27-12-6-2-7-13-27/h1-2,4-7,10-17,20-23,32-33,38-39H,3,8-9,18-19,24-25H2. The Balaban J connectivity index is 1.10. The van der Waals surface area contributed by atoms with Crippen LogP contribution in [0.3, 0.4) is 0 Å². The third-order valence-corrected chi connectivity index (χ3v) is 6.33. The number of hydrogen-bond acceptors (Lipinski definition) is 8. The number of nitrogens with zero attached hydrogens (tertiary/aromatic N) is 4. The van der Waals surface area contributed by atoms with Crippen LogP contribution in [0.25, 0.3) is 0 Å². The zero-order valence-electron chi connectivity index (χ0n) is 23.0. The maximum atomic E-state index is 9.64. The Morgan fingerprint density at radius 3 is 1.39 bits per heavy atom. The summed E-state index contributed by atoms with van der Waals surface area (Å²) in [6.07, 6.45) is 9.51. The van der Waals surface area contributed by atoms with Crippen LogP contribution in [0.2, 0.25) is 0 Å². The molecule has 8 heteroatoms. The Morgan fingerprint density at radius 1 is 0.585 bits per heavy atom. The summed E-state index contributed by atoms with van der Waals surface area (Å²) in [7, 11) is 0. The van der Waals surface area contributed by atoms with Crippen LogP contribution in [0.1, 0.15) is 53.9 Å². The van der Waals surface area contributed by atoms with Gasteiger partial charge in [0.15, 0.2) is 0 Å². The van der Waals surface area contributed by atoms with Crippen LogP contribution in [0.15, 0.2) is 107 Å². The van der Waals surface area contributed by atoms with E-state index in [-0.39, 0.29) is 25.3 Å². The summed E-state index contributed by atoms with van der Waals surface area (Å²) in [6, 6.07) is 26.2. The first-order chi connectivity index (χ1) is 20.2. The van der Waals surface area contributed by atoms with Gasteiger partial charge in [0.2, 0.25) is 0 Å². The van der Waals surface area contributed by atoms with Gasteiger partial charge < -0.3 is 19.7 Å². The molecule has 0 aliphatic rings. The van der Waals surface area contributed by atoms with Gasteiger partial charge in [0.25, 0.3) is 0 Å². The second-order valence-corrected chi connectivity index (χ2v) is 9.37. The van der Waals surface area contributed by atoms with E-state index in [2.05, 4.69) is 20.0 Å². The molecule has 41 heavy (non-hydrogen) atoms. The molecule has 2 N–H and O–H groups in total. The Kier molecular flexibility index (Phi) is 12.0. The van der Waals surface area contributed by atoms with E-state index in [1.54, 1.807) is 24.8 Å². The predicted molar refractivity (Wildman–Crippen MR) is 161 cm³/mol. The largest absolute Gasteiger partial charge is 0.492 e. The Labute approximate surface area is 241 Å². The first kappa shape index (κ1) is 29.6. The lowest BCUT2D eigenvalue weighted by Gasteiger charge is -2.09. The molecule has 0 saturated carbocycles. The molecule has 2 unspecified atom stereocenters. The molecule has 2 atom stereocenters. The van der Waals surface area contributed by atoms with Gasteiger partial charge in [-0.15, -0.1) is 0 Å². The van der Waals surface area contributed by atoms with E-state index in [1.165, 1.54) is 0 Å². The van der Waals surface area contributed by atoms with Gasteiger partial charge in [-0.2, -0.15) is 0 Å². The van der Waals surface area contributed by atoms with Crippen LogP contribution in [-0.2, 0) is 0 Å². The summed E-state index contributed by atoms with van der Waals surface area (Å²) in [5.41, 5.74) is 3.34. The van der Waals surface area contributed by atoms with Crippen LogP contribution < -0.4 is 9.47 Å². The number of aliphatic hydroxyl groups is 2. The monoisotopic (exact) mass is 552 g/mol. The number of aliphatic hydroxyl groups excluding tert-OH is 2. The molecule has 2 aromatic heterocycles. The van der Waals surface area contributed by atoms with Crippen LogP contribution >= 0.6 is 0 Å². The molecule has 212 valence electrons. The van der Waals surface area contributed by atoms with Gasteiger partial charge in [0.05, 0.1) is 62.3 Å². The van der Waals surface area contributed by atoms with Crippen molar-refractivity contribution in [2.75, 3.05) is 26.4 Å². The minimum atomic E-state index is -0.307. The Hall–Kier alpha value is -4.40. The minimum absolute atomic E-state index is 0.0622. The van der Waals surface area contributed by atoms with Gasteiger partial charge in [-0.3, -0.25) is 20.0 Å². The van der Waals surface area contributed by atoms with Crippen LogP contribution in [-0.4, -0.2) is 59.0 Å². The normalized spacial score (nSPS) is 12.9. The molecule has 2 heterocycles. The molecule has 0 aliphatic heterocycles. The fraction of sp³-hybridized carbons (Fsp3) is 0.273. The number of hydrogen-bond donors (Lipinski definition) is 2. The Bertz CT molecular complexity index is 1230. The summed E-state index contributed by atoms with van der Waals surface area (Å²) in [6.45, 7) is 1.08. The van der Waals surface area contributed by atoms with Crippen LogP contribution in [0.4, 0.5) is 0 Å². The van der Waals surface area contributed by atoms with E-state index in [1.807, 2.05) is 84.9 Å². The molecule has 4 aromatic rings. The second-order valence-electron chi connectivity index (χ2n) is 9.37. The molecule has 0 radical (unpaired) electrons. The van der Waals surface area contributed by atoms with Crippen molar-refractivity contribution in [2.45, 2.75) is 31.3 Å². The number of unbranched alkanes of at least 4 members (excludes halogenated alkanes) is 2. The van der Waals surface area contributed by atoms with E-state index in [0.29, 0.717) is 36.1 Å². The fourth-order valence-corrected chi connectivity index (χ4v) is 4.03. The summed E-state index contributed by atoms with van der Waals surface area (Å²) in [5, 5.41) is 19.3. The molecule has 4 rings (SSSR count). The molecule has 0 aliphatic carbocycles. The number of aliphatic imine (C=N–C) groups is 2. The topological polar surface area (TPSA) is 109 Å². The van der Waals surface area contributed by atoms with E-state index < -0.39 is 0 Å². The number of benzene rings is 2. The predicted octanol–water partition coefficient (Wildman–Crippen LogP) is 5.41. The molecular weight excluding hydrogens is 516 g/mol. The third-order valence-electron chi connectivity index (χ3n) is 6.33. The van der Waals surface area contributed by atoms with Gasteiger partial charge in [0, 0.05) is 12.4 Å². The van der Waals surface area contributed by atoms with E-state index in [0.717, 1.165) is 30.4 Å². The number of pyridine rings is 2. The highest BCUT2D eigenvalue weighted by molar-refractivity contribution is 5.77. The quantitative estimate of drug-likeness (QED) is 0.142. The van der Waals surface area contributed by atoms with Crippen molar-refractivity contribution in [3.63, 3.8) is 0 Å². The Morgan fingerprint density at radius 2 is 1.02 bits per heavy atom. The van der Waals surface area contributed by atoms with Crippen LogP contribution in [0, 0.1) is 0 Å². The zero-order valence-corrected chi connectivity index (χ0v) is 23.0. The fourth-order valence-electron chi connectivity index (χ4n) is 4.03. The average Bonchev–Trinajstić information content (AvgIpc) is 3.03. The lowest BCUT2D eigenvalue weighted by molar-refractivity contribution is 0.269. The molecule has 0 spiro atoms. The van der Waals surface area contributed by atoms with Crippen molar-refractivity contribution in [1.82, 2.24) is 9.97 Å². The molecule has 0 fully saturated rings. The maximum absolute atomic E-state index is 9.64. The van der Waals surface area contributed by atoms with Gasteiger partial charge >= 0.3 is 0 Å². The highest BCUT2D eigenvalue weighted by Crippen LogP contribution is 2.18. The van der Waals surface area contributed by atoms with Crippen molar-refractivity contribution in [2.24, 2.45) is 9.98 Å². The highest BCUT2D eigenvalue weighted by Gasteiger charge is 2.08. The lowest BCUT2D eigenvalue weighted by Crippen LogP contribution is -2.03. The summed E-state index contributed by atoms with van der Waals surface area (Å²) in [4.78, 5) is 17.7. The smallest absolute Gasteiger partial charge is 0.137 e. The minimum Gasteiger partial charge on any atom is -0.492 e. The number of rotatable bonds is 16. The van der Waals surface area contributed by atoms with Crippen molar-refractivity contribution in [3.05, 3.63) is 120 Å². The van der Waals surface area contributed by atoms with E-state index in [4.69, 9.17) is 9.47 Å². The maximum Gasteiger partial charge on any atom is 0.137 e. The molecular formula is C33H36N4O4. The van der Waals surface area contributed by atoms with Crippen molar-refractivity contribution < 1.29 is 19.7 Å². The number of ether oxygens (including phenoxy) is 2. The first-order valence-corrected chi connectivity index (χ1v) is 13.8. The van der Waals surface area contributed by atoms with Crippen LogP contribution in [0.5, 0.6) is 11.5 Å². The van der Waals surface area contributed by atoms with Crippen molar-refractivity contribution in [3.8, 4) is 11.5 Å². The SMILES string of the molecule is OCC(N=Cc1ccc(OCCCCCOc2ccc(C=NC(CO)c3ccccc3)nc2)cn1)c1ccccc1. The third kappa shape index (κ3) is 9.94. The second kappa shape index (κ2) is 16.6. The molecule has 8 nitrogen and oxygen atoms in total. The molecule has 0 amide bonds. The first-order valence-electron chi connectivity index (χ1n) is 13.8. The number of aromatic nitrogens is 2. The molecule has 0 bridgehead atoms. The van der Waals surface area contributed by atoms with E-state index in [9.17, 15) is 10.2 Å². The zero-order chi connectivity index (χ0) is 28.5. The summed E-state index contributed by atoms with van der Waals surface area (Å²) >= 11 is 0. The summed E-state index contributed by atoms with van der Waals surface area (Å²) < 4.78 is 11.6. The highest BCUT2D eigenvalue weighted by atomic mass is 16.5. The van der Waals surface area contributed by atoms with Gasteiger partial charge in [-0.25, -0.2) is 0 Å². The van der Waals surface area contributed by atoms with Crippen molar-refractivity contribution in [1.29, 1.82) is 0 Å². The summed E-state index contributed by atoms with van der Waals surface area (Å²) in [5.74, 6) is 1.42. The van der Waals surface area contributed by atoms with Crippen molar-refractivity contribution >= 4 is 12.4 Å². The van der Waals surface area contributed by atoms with Gasteiger partial charge in [-0.1, -0.05) is 60.7 Å². The van der Waals surface area contributed by atoms with E-state index >= 15 is 0 Å². The van der Waals surface area contributed by atoms with Gasteiger partial charge in [0.1, 0.15) is 11.5 Å². The van der Waals surface area contributed by atoms with Gasteiger partial charge in [-0.05, 0) is 54.7 Å². The lowest BCUT2D eigenvalue weighted by atomic mass is 10.1. The molecule has 0 saturated heterocycles. The average molecular weight is 553 g/mol. The molecule has 2 aromatic carbocycles.